The third kappa shape index (κ3) is 6.59. The second-order valence-corrected chi connectivity index (χ2v) is 8.51. The van der Waals surface area contributed by atoms with E-state index in [1.165, 1.54) is 55.5 Å². The maximum absolute atomic E-state index is 12.3. The molecule has 0 saturated heterocycles. The number of rotatable bonds is 9. The van der Waals surface area contributed by atoms with Gasteiger partial charge >= 0.3 is 5.97 Å². The van der Waals surface area contributed by atoms with Crippen molar-refractivity contribution in [1.29, 1.82) is 0 Å². The van der Waals surface area contributed by atoms with Gasteiger partial charge in [0.05, 0.1) is 15.4 Å². The highest BCUT2D eigenvalue weighted by Crippen LogP contribution is 2.18. The van der Waals surface area contributed by atoms with Crippen LogP contribution in [0.4, 0.5) is 11.4 Å². The van der Waals surface area contributed by atoms with Crippen molar-refractivity contribution in [3.63, 3.8) is 0 Å². The quantitative estimate of drug-likeness (QED) is 0.340. The van der Waals surface area contributed by atoms with E-state index < -0.39 is 32.9 Å². The third-order valence-electron chi connectivity index (χ3n) is 4.35. The summed E-state index contributed by atoms with van der Waals surface area (Å²) in [7, 11) is -3.71. The van der Waals surface area contributed by atoms with E-state index in [-0.39, 0.29) is 27.9 Å². The molecule has 0 bridgehead atoms. The van der Waals surface area contributed by atoms with E-state index in [4.69, 9.17) is 4.74 Å². The van der Waals surface area contributed by atoms with Gasteiger partial charge < -0.3 is 10.1 Å². The fourth-order valence-corrected chi connectivity index (χ4v) is 3.74. The number of sulfonamides is 1. The van der Waals surface area contributed by atoms with Gasteiger partial charge in [-0.2, -0.15) is 0 Å². The average Bonchev–Trinajstić information content (AvgIpc) is 2.73. The number of nitrogens with one attached hydrogen (secondary N) is 2. The summed E-state index contributed by atoms with van der Waals surface area (Å²) >= 11 is 0. The maximum atomic E-state index is 12.3. The monoisotopic (exact) mass is 449 g/mol. The Morgan fingerprint density at radius 3 is 2.35 bits per heavy atom. The molecular weight excluding hydrogens is 426 g/mol. The lowest BCUT2D eigenvalue weighted by Gasteiger charge is -2.14. The molecule has 2 unspecified atom stereocenters. The topological polar surface area (TPSA) is 145 Å². The van der Waals surface area contributed by atoms with Crippen LogP contribution in [0.1, 0.15) is 37.6 Å². The van der Waals surface area contributed by atoms with Gasteiger partial charge in [0.15, 0.2) is 6.10 Å². The fraction of sp³-hybridized carbons (Fsp3) is 0.300. The molecule has 10 nitrogen and oxygen atoms in total. The zero-order chi connectivity index (χ0) is 23.2. The van der Waals surface area contributed by atoms with E-state index in [0.717, 1.165) is 0 Å². The van der Waals surface area contributed by atoms with Gasteiger partial charge in [-0.05, 0) is 50.6 Å². The van der Waals surface area contributed by atoms with Crippen molar-refractivity contribution < 1.29 is 27.7 Å². The number of nitrogens with zero attached hydrogens (tertiary/aromatic N) is 1. The van der Waals surface area contributed by atoms with Gasteiger partial charge in [-0.1, -0.05) is 13.0 Å². The van der Waals surface area contributed by atoms with Gasteiger partial charge in [0.25, 0.3) is 11.6 Å². The lowest BCUT2D eigenvalue weighted by atomic mass is 10.2. The molecule has 2 rings (SSSR count). The number of carbonyl (C=O) groups is 2. The Balaban J connectivity index is 2.01. The number of benzene rings is 2. The van der Waals surface area contributed by atoms with Crippen molar-refractivity contribution in [2.24, 2.45) is 0 Å². The zero-order valence-corrected chi connectivity index (χ0v) is 18.0. The molecule has 0 aliphatic heterocycles. The lowest BCUT2D eigenvalue weighted by molar-refractivity contribution is -0.384. The van der Waals surface area contributed by atoms with E-state index in [1.54, 1.807) is 6.92 Å². The number of esters is 1. The van der Waals surface area contributed by atoms with Gasteiger partial charge in [-0.25, -0.2) is 17.9 Å². The Bertz CT molecular complexity index is 1070. The van der Waals surface area contributed by atoms with Gasteiger partial charge in [0.1, 0.15) is 0 Å². The van der Waals surface area contributed by atoms with Crippen molar-refractivity contribution in [3.8, 4) is 0 Å². The fourth-order valence-electron chi connectivity index (χ4n) is 2.41. The summed E-state index contributed by atoms with van der Waals surface area (Å²) < 4.78 is 32.2. The van der Waals surface area contributed by atoms with Crippen LogP contribution in [0.15, 0.2) is 53.4 Å². The molecule has 31 heavy (non-hydrogen) atoms. The molecule has 1 amide bonds. The molecule has 0 aliphatic carbocycles. The van der Waals surface area contributed by atoms with Crippen molar-refractivity contribution in [2.75, 3.05) is 5.32 Å². The Hall–Kier alpha value is -3.31. The van der Waals surface area contributed by atoms with Crippen LogP contribution in [-0.4, -0.2) is 37.4 Å². The van der Waals surface area contributed by atoms with E-state index in [2.05, 4.69) is 10.0 Å². The summed E-state index contributed by atoms with van der Waals surface area (Å²) in [6.07, 6.45) is -0.567. The molecule has 0 fully saturated rings. The minimum absolute atomic E-state index is 0.000753. The zero-order valence-electron chi connectivity index (χ0n) is 17.2. The first-order valence-corrected chi connectivity index (χ1v) is 10.9. The van der Waals surface area contributed by atoms with Gasteiger partial charge in [0.2, 0.25) is 10.0 Å². The molecule has 0 heterocycles. The lowest BCUT2D eigenvalue weighted by Crippen LogP contribution is -2.32. The maximum Gasteiger partial charge on any atom is 0.338 e. The van der Waals surface area contributed by atoms with E-state index in [9.17, 15) is 28.1 Å². The molecule has 0 radical (unpaired) electrons. The van der Waals surface area contributed by atoms with Crippen LogP contribution >= 0.6 is 0 Å². The number of anilines is 1. The van der Waals surface area contributed by atoms with Crippen molar-refractivity contribution >= 4 is 33.3 Å². The summed E-state index contributed by atoms with van der Waals surface area (Å²) in [5.74, 6) is -1.49. The molecule has 2 atom stereocenters. The highest BCUT2D eigenvalue weighted by atomic mass is 32.2. The number of hydrogen-bond acceptors (Lipinski definition) is 7. The predicted octanol–water partition coefficient (Wildman–Crippen LogP) is 2.86. The first kappa shape index (κ1) is 24.0. The normalized spacial score (nSPS) is 13.1. The molecule has 0 saturated carbocycles. The number of ether oxygens (including phenoxy) is 1. The predicted molar refractivity (Wildman–Crippen MR) is 113 cm³/mol. The molecule has 2 N–H and O–H groups in total. The summed E-state index contributed by atoms with van der Waals surface area (Å²) in [5.41, 5.74) is 0.0586. The van der Waals surface area contributed by atoms with Crippen molar-refractivity contribution in [3.05, 3.63) is 64.2 Å². The summed E-state index contributed by atoms with van der Waals surface area (Å²) in [5, 5.41) is 13.2. The first-order valence-electron chi connectivity index (χ1n) is 9.42. The van der Waals surface area contributed by atoms with E-state index in [1.807, 2.05) is 6.92 Å². The SMILES string of the molecule is CCC(C)NS(=O)(=O)c1ccc(C(=O)OC(C)C(=O)Nc2cccc([N+](=O)[O-])c2)cc1. The molecule has 0 spiro atoms. The van der Waals surface area contributed by atoms with Gasteiger partial charge in [0, 0.05) is 23.9 Å². The summed E-state index contributed by atoms with van der Waals surface area (Å²) in [6.45, 7) is 4.94. The Kier molecular flexibility index (Phi) is 7.83. The largest absolute Gasteiger partial charge is 0.449 e. The van der Waals surface area contributed by atoms with Crippen LogP contribution in [0, 0.1) is 10.1 Å². The molecule has 2 aromatic carbocycles. The number of nitro benzene ring substituents is 1. The van der Waals surface area contributed by atoms with Crippen LogP contribution in [-0.2, 0) is 19.6 Å². The van der Waals surface area contributed by atoms with Crippen LogP contribution in [0.3, 0.4) is 0 Å². The van der Waals surface area contributed by atoms with E-state index >= 15 is 0 Å². The second kappa shape index (κ2) is 10.1. The molecule has 0 aromatic heterocycles. The average molecular weight is 449 g/mol. The smallest absolute Gasteiger partial charge is 0.338 e. The van der Waals surface area contributed by atoms with Gasteiger partial charge in [-0.15, -0.1) is 0 Å². The molecular formula is C20H23N3O7S. The number of hydrogen-bond donors (Lipinski definition) is 2. The Labute approximate surface area is 179 Å². The first-order chi connectivity index (χ1) is 14.5. The minimum atomic E-state index is -3.71. The number of carbonyl (C=O) groups excluding carboxylic acids is 2. The number of nitro groups is 1. The number of amides is 1. The highest BCUT2D eigenvalue weighted by Gasteiger charge is 2.21. The molecule has 0 aliphatic rings. The van der Waals surface area contributed by atoms with Crippen LogP contribution in [0.2, 0.25) is 0 Å². The summed E-state index contributed by atoms with van der Waals surface area (Å²) in [4.78, 5) is 34.7. The summed E-state index contributed by atoms with van der Waals surface area (Å²) in [6, 6.07) is 10.2. The molecule has 166 valence electrons. The van der Waals surface area contributed by atoms with Crippen molar-refractivity contribution in [2.45, 2.75) is 44.2 Å². The van der Waals surface area contributed by atoms with Crippen LogP contribution in [0.5, 0.6) is 0 Å². The molecule has 2 aromatic rings. The van der Waals surface area contributed by atoms with Crippen LogP contribution in [0.25, 0.3) is 0 Å². The minimum Gasteiger partial charge on any atom is -0.449 e. The Morgan fingerprint density at radius 1 is 1.13 bits per heavy atom. The van der Waals surface area contributed by atoms with Crippen LogP contribution < -0.4 is 10.0 Å². The van der Waals surface area contributed by atoms with E-state index in [0.29, 0.717) is 6.42 Å². The Morgan fingerprint density at radius 2 is 1.77 bits per heavy atom. The molecule has 11 heteroatoms. The highest BCUT2D eigenvalue weighted by molar-refractivity contribution is 7.89. The van der Waals surface area contributed by atoms with Gasteiger partial charge in [-0.3, -0.25) is 14.9 Å². The van der Waals surface area contributed by atoms with Crippen molar-refractivity contribution in [1.82, 2.24) is 4.72 Å². The third-order valence-corrected chi connectivity index (χ3v) is 5.95. The standard InChI is InChI=1S/C20H23N3O7S/c1-4-13(2)22-31(28,29)18-10-8-15(9-11-18)20(25)30-14(3)19(24)21-16-6-5-7-17(12-16)23(26)27/h5-14,22H,4H2,1-3H3,(H,21,24). The number of non-ortho nitro benzene ring substituents is 1. The second-order valence-electron chi connectivity index (χ2n) is 6.80.